The van der Waals surface area contributed by atoms with Gasteiger partial charge in [0.1, 0.15) is 5.82 Å². The predicted octanol–water partition coefficient (Wildman–Crippen LogP) is 6.83. The molecule has 10 heteroatoms. The molecule has 1 fully saturated rings. The third kappa shape index (κ3) is 5.56. The zero-order valence-corrected chi connectivity index (χ0v) is 21.9. The predicted molar refractivity (Wildman–Crippen MR) is 141 cm³/mol. The molecule has 1 heterocycles. The fraction of sp³-hybridized carbons (Fsp3) is 0.400. The Morgan fingerprint density at radius 2 is 2.06 bits per heavy atom. The number of ether oxygens (including phenoxy) is 1. The molecule has 4 rings (SSSR count). The van der Waals surface area contributed by atoms with E-state index in [9.17, 15) is 14.9 Å². The summed E-state index contributed by atoms with van der Waals surface area (Å²) in [7, 11) is 0. The summed E-state index contributed by atoms with van der Waals surface area (Å²) in [5.74, 6) is 0.772. The monoisotopic (exact) mass is 560 g/mol. The first-order valence-corrected chi connectivity index (χ1v) is 12.9. The molecule has 1 aliphatic rings. The van der Waals surface area contributed by atoms with Crippen molar-refractivity contribution in [1.82, 2.24) is 9.66 Å². The number of rotatable bonds is 7. The third-order valence-corrected chi connectivity index (χ3v) is 6.98. The molecule has 0 spiro atoms. The smallest absolute Gasteiger partial charge is 0.313 e. The molecule has 0 amide bonds. The minimum absolute atomic E-state index is 0.0706. The Morgan fingerprint density at radius 3 is 2.74 bits per heavy atom. The van der Waals surface area contributed by atoms with Gasteiger partial charge in [-0.2, -0.15) is 9.78 Å². The Hall–Kier alpha value is -2.78. The number of nitro benzene ring substituents is 1. The van der Waals surface area contributed by atoms with Crippen molar-refractivity contribution in [1.29, 1.82) is 0 Å². The lowest BCUT2D eigenvalue weighted by Gasteiger charge is -2.23. The van der Waals surface area contributed by atoms with E-state index >= 15 is 0 Å². The first-order valence-electron chi connectivity index (χ1n) is 11.7. The van der Waals surface area contributed by atoms with Crippen LogP contribution in [0.1, 0.15) is 69.7 Å². The van der Waals surface area contributed by atoms with E-state index in [0.717, 1.165) is 36.6 Å². The Kier molecular flexibility index (Phi) is 7.86. The first kappa shape index (κ1) is 25.3. The van der Waals surface area contributed by atoms with Crippen LogP contribution < -0.4 is 10.3 Å². The molecule has 1 saturated carbocycles. The number of halogens is 2. The maximum absolute atomic E-state index is 13.5. The normalized spacial score (nSPS) is 15.5. The van der Waals surface area contributed by atoms with Gasteiger partial charge in [-0.05, 0) is 50.5 Å². The van der Waals surface area contributed by atoms with E-state index in [1.807, 2.05) is 26.0 Å². The molecule has 0 radical (unpaired) electrons. The molecule has 8 nitrogen and oxygen atoms in total. The number of nitrogens with zero attached hydrogens (tertiary/aromatic N) is 4. The van der Waals surface area contributed by atoms with E-state index in [1.54, 1.807) is 12.1 Å². The maximum atomic E-state index is 13.5. The third-order valence-electron chi connectivity index (χ3n) is 6.27. The highest BCUT2D eigenvalue weighted by atomic mass is 79.9. The second kappa shape index (κ2) is 10.9. The van der Waals surface area contributed by atoms with Crippen LogP contribution in [-0.4, -0.2) is 26.9 Å². The second-order valence-electron chi connectivity index (χ2n) is 8.77. The molecular weight excluding hydrogens is 536 g/mol. The van der Waals surface area contributed by atoms with Gasteiger partial charge in [-0.1, -0.05) is 53.7 Å². The van der Waals surface area contributed by atoms with Crippen molar-refractivity contribution >= 4 is 50.3 Å². The first-order chi connectivity index (χ1) is 16.8. The summed E-state index contributed by atoms with van der Waals surface area (Å²) >= 11 is 9.61. The molecule has 0 aliphatic heterocycles. The summed E-state index contributed by atoms with van der Waals surface area (Å²) in [6.45, 7) is 3.76. The number of nitro groups is 1. The van der Waals surface area contributed by atoms with E-state index in [4.69, 9.17) is 21.3 Å². The molecule has 1 aliphatic carbocycles. The average molecular weight is 562 g/mol. The van der Waals surface area contributed by atoms with Crippen LogP contribution in [0.15, 0.2) is 44.7 Å². The van der Waals surface area contributed by atoms with Crippen LogP contribution in [0.5, 0.6) is 5.75 Å². The number of benzene rings is 2. The van der Waals surface area contributed by atoms with E-state index in [1.165, 1.54) is 17.0 Å². The molecular formula is C25H26BrClN4O4. The van der Waals surface area contributed by atoms with E-state index in [-0.39, 0.29) is 34.0 Å². The van der Waals surface area contributed by atoms with Crippen LogP contribution in [-0.2, 0) is 0 Å². The van der Waals surface area contributed by atoms with Crippen LogP contribution in [0.2, 0.25) is 5.02 Å². The van der Waals surface area contributed by atoms with Crippen LogP contribution in [0.3, 0.4) is 0 Å². The maximum Gasteiger partial charge on any atom is 0.313 e. The number of hydrogen-bond acceptors (Lipinski definition) is 6. The van der Waals surface area contributed by atoms with E-state index < -0.39 is 4.92 Å². The van der Waals surface area contributed by atoms with Crippen LogP contribution in [0, 0.1) is 10.1 Å². The second-order valence-corrected chi connectivity index (χ2v) is 10.1. The molecule has 2 aromatic carbocycles. The molecule has 184 valence electrons. The van der Waals surface area contributed by atoms with Crippen molar-refractivity contribution in [3.63, 3.8) is 0 Å². The van der Waals surface area contributed by atoms with Crippen molar-refractivity contribution in [3.8, 4) is 5.75 Å². The van der Waals surface area contributed by atoms with Gasteiger partial charge in [-0.3, -0.25) is 14.9 Å². The molecule has 0 saturated heterocycles. The quantitative estimate of drug-likeness (QED) is 0.179. The van der Waals surface area contributed by atoms with Crippen molar-refractivity contribution in [3.05, 3.63) is 71.7 Å². The molecule has 35 heavy (non-hydrogen) atoms. The highest BCUT2D eigenvalue weighted by Crippen LogP contribution is 2.35. The lowest BCUT2D eigenvalue weighted by atomic mass is 9.88. The van der Waals surface area contributed by atoms with Gasteiger partial charge < -0.3 is 4.74 Å². The lowest BCUT2D eigenvalue weighted by molar-refractivity contribution is -0.386. The molecule has 0 bridgehead atoms. The largest absolute Gasteiger partial charge is 0.483 e. The molecule has 1 atom stereocenters. The summed E-state index contributed by atoms with van der Waals surface area (Å²) in [5, 5.41) is 16.8. The van der Waals surface area contributed by atoms with Gasteiger partial charge in [0, 0.05) is 27.0 Å². The highest BCUT2D eigenvalue weighted by Gasteiger charge is 2.24. The summed E-state index contributed by atoms with van der Waals surface area (Å²) in [6.07, 6.45) is 6.94. The van der Waals surface area contributed by atoms with Gasteiger partial charge in [0.15, 0.2) is 0 Å². The van der Waals surface area contributed by atoms with E-state index in [2.05, 4.69) is 21.0 Å². The van der Waals surface area contributed by atoms with Gasteiger partial charge in [-0.15, -0.1) is 0 Å². The Bertz CT molecular complexity index is 1350. The molecule has 3 aromatic rings. The topological polar surface area (TPSA) is 99.6 Å². The zero-order valence-electron chi connectivity index (χ0n) is 19.5. The Morgan fingerprint density at radius 1 is 1.31 bits per heavy atom. The minimum atomic E-state index is -0.532. The number of fused-ring (bicyclic) bond motifs is 1. The highest BCUT2D eigenvalue weighted by molar-refractivity contribution is 9.10. The summed E-state index contributed by atoms with van der Waals surface area (Å²) in [4.78, 5) is 29.5. The standard InChI is InChI=1S/C25H26BrClN4O4/c1-3-15(2)35-23-17(11-19(27)13-22(23)31(33)34)14-28-30-24(16-7-5-4-6-8-16)29-21-10-9-18(26)12-20(21)25(30)32/h9-16H,3-8H2,1-2H3/t15-/m1/s1. The fourth-order valence-corrected chi connectivity index (χ4v) is 4.85. The number of aromatic nitrogens is 2. The van der Waals surface area contributed by atoms with Gasteiger partial charge in [-0.25, -0.2) is 4.98 Å². The van der Waals surface area contributed by atoms with Gasteiger partial charge in [0.05, 0.1) is 28.1 Å². The zero-order chi connectivity index (χ0) is 25.1. The Balaban J connectivity index is 1.89. The van der Waals surface area contributed by atoms with Crippen LogP contribution in [0.4, 0.5) is 5.69 Å². The average Bonchev–Trinajstić information content (AvgIpc) is 2.85. The van der Waals surface area contributed by atoms with Gasteiger partial charge in [0.2, 0.25) is 5.75 Å². The molecule has 1 aromatic heterocycles. The Labute approximate surface area is 216 Å². The van der Waals surface area contributed by atoms with Gasteiger partial charge >= 0.3 is 5.69 Å². The minimum Gasteiger partial charge on any atom is -0.483 e. The van der Waals surface area contributed by atoms with E-state index in [0.29, 0.717) is 28.7 Å². The van der Waals surface area contributed by atoms with Crippen LogP contribution in [0.25, 0.3) is 10.9 Å². The number of hydrogen-bond donors (Lipinski definition) is 0. The SMILES string of the molecule is CC[C@@H](C)Oc1c(C=Nn2c(C3CCCCC3)nc3ccc(Br)cc3c2=O)cc(Cl)cc1[N+](=O)[O-]. The molecule has 0 unspecified atom stereocenters. The fourth-order valence-electron chi connectivity index (χ4n) is 4.27. The summed E-state index contributed by atoms with van der Waals surface area (Å²) in [6, 6.07) is 8.21. The van der Waals surface area contributed by atoms with Crippen molar-refractivity contribution < 1.29 is 9.66 Å². The van der Waals surface area contributed by atoms with Crippen molar-refractivity contribution in [2.75, 3.05) is 0 Å². The molecule has 0 N–H and O–H groups in total. The van der Waals surface area contributed by atoms with Crippen LogP contribution >= 0.6 is 27.5 Å². The summed E-state index contributed by atoms with van der Waals surface area (Å²) in [5.41, 5.74) is 0.387. The lowest BCUT2D eigenvalue weighted by Crippen LogP contribution is -2.25. The van der Waals surface area contributed by atoms with Gasteiger partial charge in [0.25, 0.3) is 5.56 Å². The van der Waals surface area contributed by atoms with Crippen molar-refractivity contribution in [2.24, 2.45) is 5.10 Å². The van der Waals surface area contributed by atoms with Crippen molar-refractivity contribution in [2.45, 2.75) is 64.4 Å². The summed E-state index contributed by atoms with van der Waals surface area (Å²) < 4.78 is 7.98.